The quantitative estimate of drug-likeness (QED) is 0.290. The van der Waals surface area contributed by atoms with Gasteiger partial charge in [-0.05, 0) is 52.1 Å². The summed E-state index contributed by atoms with van der Waals surface area (Å²) in [5, 5.41) is 0. The van der Waals surface area contributed by atoms with Gasteiger partial charge >= 0.3 is 0 Å². The van der Waals surface area contributed by atoms with E-state index in [1.165, 1.54) is 31.7 Å². The first-order chi connectivity index (χ1) is 8.54. The SMILES string of the molecule is CCCCCC[Si](C)(C)OC(C)(C)O[Si](C)(C)CC. The van der Waals surface area contributed by atoms with E-state index >= 15 is 0 Å². The Morgan fingerprint density at radius 3 is 1.79 bits per heavy atom. The van der Waals surface area contributed by atoms with Crippen molar-refractivity contribution in [2.75, 3.05) is 0 Å². The highest BCUT2D eigenvalue weighted by molar-refractivity contribution is 6.72. The van der Waals surface area contributed by atoms with E-state index in [1.54, 1.807) is 0 Å². The molecule has 0 aliphatic carbocycles. The molecule has 0 N–H and O–H groups in total. The lowest BCUT2D eigenvalue weighted by Crippen LogP contribution is -2.48. The van der Waals surface area contributed by atoms with Gasteiger partial charge in [-0.25, -0.2) is 0 Å². The minimum atomic E-state index is -1.60. The fourth-order valence-electron chi connectivity index (χ4n) is 2.45. The molecule has 0 atom stereocenters. The summed E-state index contributed by atoms with van der Waals surface area (Å²) in [5.41, 5.74) is 0. The third-order valence-electron chi connectivity index (χ3n) is 3.53. The molecular formula is C15H36O2Si2. The van der Waals surface area contributed by atoms with E-state index in [2.05, 4.69) is 53.9 Å². The lowest BCUT2D eigenvalue weighted by molar-refractivity contribution is -0.0962. The summed E-state index contributed by atoms with van der Waals surface area (Å²) in [6.07, 6.45) is 5.29. The Morgan fingerprint density at radius 1 is 0.789 bits per heavy atom. The van der Waals surface area contributed by atoms with Gasteiger partial charge in [0.15, 0.2) is 16.6 Å². The zero-order valence-corrected chi connectivity index (χ0v) is 16.6. The number of hydrogen-bond donors (Lipinski definition) is 0. The van der Waals surface area contributed by atoms with Crippen molar-refractivity contribution in [2.45, 2.75) is 97.4 Å². The van der Waals surface area contributed by atoms with Crippen LogP contribution in [0.2, 0.25) is 38.3 Å². The van der Waals surface area contributed by atoms with Crippen LogP contribution in [0.4, 0.5) is 0 Å². The molecule has 2 nitrogen and oxygen atoms in total. The average Bonchev–Trinajstić information content (AvgIpc) is 2.21. The summed E-state index contributed by atoms with van der Waals surface area (Å²) in [6.45, 7) is 17.9. The Kier molecular flexibility index (Phi) is 8.11. The van der Waals surface area contributed by atoms with Crippen LogP contribution < -0.4 is 0 Å². The molecule has 0 saturated carbocycles. The zero-order chi connectivity index (χ0) is 15.2. The second-order valence-electron chi connectivity index (χ2n) is 7.29. The molecule has 4 heteroatoms. The van der Waals surface area contributed by atoms with Crippen molar-refractivity contribution in [2.24, 2.45) is 0 Å². The van der Waals surface area contributed by atoms with Crippen LogP contribution >= 0.6 is 0 Å². The molecular weight excluding hydrogens is 268 g/mol. The van der Waals surface area contributed by atoms with E-state index in [9.17, 15) is 0 Å². The molecule has 0 radical (unpaired) electrons. The first-order valence-corrected chi connectivity index (χ1v) is 14.2. The van der Waals surface area contributed by atoms with Gasteiger partial charge in [-0.2, -0.15) is 0 Å². The first kappa shape index (κ1) is 19.4. The molecule has 0 aliphatic heterocycles. The fourth-order valence-corrected chi connectivity index (χ4v) is 6.63. The van der Waals surface area contributed by atoms with Crippen LogP contribution in [0.5, 0.6) is 0 Å². The minimum absolute atomic E-state index is 0.411. The van der Waals surface area contributed by atoms with E-state index in [0.717, 1.165) is 6.04 Å². The molecule has 116 valence electrons. The molecule has 0 bridgehead atoms. The van der Waals surface area contributed by atoms with Crippen LogP contribution in [0.25, 0.3) is 0 Å². The van der Waals surface area contributed by atoms with Crippen molar-refractivity contribution in [3.8, 4) is 0 Å². The predicted octanol–water partition coefficient (Wildman–Crippen LogP) is 5.77. The van der Waals surface area contributed by atoms with Crippen LogP contribution in [-0.2, 0) is 8.85 Å². The van der Waals surface area contributed by atoms with Gasteiger partial charge in [0.25, 0.3) is 0 Å². The average molecular weight is 305 g/mol. The summed E-state index contributed by atoms with van der Waals surface area (Å²) >= 11 is 0. The third-order valence-corrected chi connectivity index (χ3v) is 8.88. The van der Waals surface area contributed by atoms with Crippen LogP contribution in [0.1, 0.15) is 53.4 Å². The second-order valence-corrected chi connectivity index (χ2v) is 15.9. The van der Waals surface area contributed by atoms with Gasteiger partial charge in [0, 0.05) is 0 Å². The number of hydrogen-bond acceptors (Lipinski definition) is 2. The van der Waals surface area contributed by atoms with Crippen molar-refractivity contribution in [1.29, 1.82) is 0 Å². The summed E-state index contributed by atoms with van der Waals surface area (Å²) < 4.78 is 12.7. The molecule has 0 saturated heterocycles. The molecule has 0 aliphatic rings. The Hall–Kier alpha value is 0.354. The van der Waals surface area contributed by atoms with E-state index in [4.69, 9.17) is 8.85 Å². The van der Waals surface area contributed by atoms with Crippen molar-refractivity contribution in [3.05, 3.63) is 0 Å². The Balaban J connectivity index is 4.29. The maximum absolute atomic E-state index is 6.39. The Labute approximate surface area is 123 Å². The summed E-state index contributed by atoms with van der Waals surface area (Å²) in [6, 6.07) is 2.38. The van der Waals surface area contributed by atoms with E-state index < -0.39 is 22.4 Å². The normalized spacial score (nSPS) is 13.9. The van der Waals surface area contributed by atoms with Gasteiger partial charge in [0.05, 0.1) is 0 Å². The smallest absolute Gasteiger partial charge is 0.190 e. The summed E-state index contributed by atoms with van der Waals surface area (Å²) in [5.74, 6) is -0.411. The van der Waals surface area contributed by atoms with E-state index in [0.29, 0.717) is 0 Å². The molecule has 0 spiro atoms. The summed E-state index contributed by atoms with van der Waals surface area (Å²) in [7, 11) is -3.16. The standard InChI is InChI=1S/C15H36O2Si2/c1-9-11-12-13-14-19(7,8)17-15(3,4)16-18(5,6)10-2/h9-14H2,1-8H3. The first-order valence-electron chi connectivity index (χ1n) is 7.94. The van der Waals surface area contributed by atoms with E-state index in [1.807, 2.05) is 0 Å². The van der Waals surface area contributed by atoms with Gasteiger partial charge in [0.1, 0.15) is 5.79 Å². The largest absolute Gasteiger partial charge is 0.392 e. The summed E-state index contributed by atoms with van der Waals surface area (Å²) in [4.78, 5) is 0. The lowest BCUT2D eigenvalue weighted by atomic mass is 10.2. The molecule has 0 aromatic rings. The topological polar surface area (TPSA) is 18.5 Å². The number of rotatable bonds is 10. The second kappa shape index (κ2) is 7.96. The predicted molar refractivity (Wildman–Crippen MR) is 90.6 cm³/mol. The van der Waals surface area contributed by atoms with Gasteiger partial charge < -0.3 is 8.85 Å². The maximum atomic E-state index is 6.39. The van der Waals surface area contributed by atoms with Gasteiger partial charge in [0.2, 0.25) is 0 Å². The van der Waals surface area contributed by atoms with Crippen molar-refractivity contribution in [3.63, 3.8) is 0 Å². The highest BCUT2D eigenvalue weighted by Crippen LogP contribution is 2.28. The monoisotopic (exact) mass is 304 g/mol. The van der Waals surface area contributed by atoms with Crippen molar-refractivity contribution < 1.29 is 8.85 Å². The van der Waals surface area contributed by atoms with Crippen LogP contribution in [0, 0.1) is 0 Å². The molecule has 0 heterocycles. The van der Waals surface area contributed by atoms with Crippen LogP contribution in [0.3, 0.4) is 0 Å². The zero-order valence-electron chi connectivity index (χ0n) is 14.6. The molecule has 0 amide bonds. The Bertz CT molecular complexity index is 251. The maximum Gasteiger partial charge on any atom is 0.190 e. The molecule has 0 aromatic heterocycles. The van der Waals surface area contributed by atoms with Gasteiger partial charge in [-0.3, -0.25) is 0 Å². The Morgan fingerprint density at radius 2 is 1.32 bits per heavy atom. The van der Waals surface area contributed by atoms with Crippen molar-refractivity contribution >= 4 is 16.6 Å². The number of unbranched alkanes of at least 4 members (excludes halogenated alkanes) is 3. The van der Waals surface area contributed by atoms with E-state index in [-0.39, 0.29) is 0 Å². The van der Waals surface area contributed by atoms with Gasteiger partial charge in [-0.1, -0.05) is 39.5 Å². The third kappa shape index (κ3) is 9.82. The van der Waals surface area contributed by atoms with Crippen LogP contribution in [0.15, 0.2) is 0 Å². The fraction of sp³-hybridized carbons (Fsp3) is 1.00. The lowest BCUT2D eigenvalue weighted by Gasteiger charge is -2.40. The molecule has 0 aromatic carbocycles. The molecule has 0 fully saturated rings. The highest BCUT2D eigenvalue weighted by Gasteiger charge is 2.36. The van der Waals surface area contributed by atoms with Crippen molar-refractivity contribution in [1.82, 2.24) is 0 Å². The van der Waals surface area contributed by atoms with Crippen LogP contribution in [-0.4, -0.2) is 22.4 Å². The molecule has 19 heavy (non-hydrogen) atoms. The molecule has 0 unspecified atom stereocenters. The highest BCUT2D eigenvalue weighted by atomic mass is 28.4. The molecule has 0 rings (SSSR count). The van der Waals surface area contributed by atoms with Gasteiger partial charge in [-0.15, -0.1) is 0 Å². The minimum Gasteiger partial charge on any atom is -0.392 e.